The first-order valence-corrected chi connectivity index (χ1v) is 26.9. The number of carbonyl (C=O) groups is 2. The summed E-state index contributed by atoms with van der Waals surface area (Å²) in [6.07, 6.45) is 22.2. The number of nitrogens with zero attached hydrogens (tertiary/aromatic N) is 13. The van der Waals surface area contributed by atoms with Crippen LogP contribution in [0.5, 0.6) is 0 Å². The van der Waals surface area contributed by atoms with Gasteiger partial charge in [0.1, 0.15) is 12.4 Å². The van der Waals surface area contributed by atoms with Gasteiger partial charge in [-0.05, 0) is 166 Å². The number of carbonyl (C=O) groups excluding carboxylic acids is 1. The van der Waals surface area contributed by atoms with Gasteiger partial charge in [-0.15, -0.1) is 9.97 Å². The minimum atomic E-state index is -0.958. The van der Waals surface area contributed by atoms with E-state index < -0.39 is 5.97 Å². The van der Waals surface area contributed by atoms with Crippen molar-refractivity contribution in [3.63, 3.8) is 0 Å². The first kappa shape index (κ1) is 57.2. The normalized spacial score (nSPS) is 13.8. The number of halogens is 1. The zero-order chi connectivity index (χ0) is 55.1. The SMILES string of the molecule is Cc1nc2ncccc2cc1C(=O)NCc1ccc(N2CCCCC2)cn1.Cc1nc2ncccc2cc1C(=O)O.NCc1ccc(N2CCCCC2)cn1.[C-]#[N+]c1ccc(Br)cn1.[C-]#[N+]c1ccc(N2CCCCC2)cn1. The molecule has 0 spiro atoms. The molecule has 78 heavy (non-hydrogen) atoms. The lowest BCUT2D eigenvalue weighted by atomic mass is 10.1. The number of hydrogen-bond donors (Lipinski definition) is 3. The Morgan fingerprint density at radius 1 is 0.577 bits per heavy atom. The number of rotatable bonds is 8. The number of anilines is 3. The van der Waals surface area contributed by atoms with Gasteiger partial charge in [-0.3, -0.25) is 14.8 Å². The Kier molecular flexibility index (Phi) is 21.8. The molecule has 8 aromatic rings. The van der Waals surface area contributed by atoms with Crippen LogP contribution in [0, 0.1) is 27.0 Å². The maximum Gasteiger partial charge on any atom is 0.337 e. The molecular formula is C59H64BrN15O3. The highest BCUT2D eigenvalue weighted by atomic mass is 79.9. The molecule has 0 aromatic carbocycles. The van der Waals surface area contributed by atoms with Gasteiger partial charge in [0.15, 0.2) is 11.3 Å². The van der Waals surface area contributed by atoms with Crippen LogP contribution in [0.1, 0.15) is 101 Å². The fraction of sp³-hybridized carbons (Fsp3) is 0.322. The molecule has 8 aromatic heterocycles. The molecule has 3 fully saturated rings. The van der Waals surface area contributed by atoms with Gasteiger partial charge in [0.05, 0.1) is 74.4 Å². The lowest BCUT2D eigenvalue weighted by Gasteiger charge is -2.28. The molecule has 11 rings (SSSR count). The molecule has 0 saturated carbocycles. The summed E-state index contributed by atoms with van der Waals surface area (Å²) in [6.45, 7) is 24.6. The summed E-state index contributed by atoms with van der Waals surface area (Å²) in [7, 11) is 0. The van der Waals surface area contributed by atoms with E-state index in [-0.39, 0.29) is 11.5 Å². The maximum atomic E-state index is 12.6. The minimum Gasteiger partial charge on any atom is -0.478 e. The summed E-state index contributed by atoms with van der Waals surface area (Å²) in [6, 6.07) is 26.2. The second-order valence-electron chi connectivity index (χ2n) is 18.6. The number of carboxylic acid groups (broad SMARTS) is 1. The van der Waals surface area contributed by atoms with Crippen LogP contribution in [0.4, 0.5) is 28.7 Å². The Morgan fingerprint density at radius 3 is 1.42 bits per heavy atom. The van der Waals surface area contributed by atoms with Gasteiger partial charge >= 0.3 is 5.97 Å². The van der Waals surface area contributed by atoms with Crippen LogP contribution >= 0.6 is 15.9 Å². The number of fused-ring (bicyclic) bond motifs is 2. The zero-order valence-electron chi connectivity index (χ0n) is 44.1. The molecule has 0 atom stereocenters. The van der Waals surface area contributed by atoms with Crippen LogP contribution < -0.4 is 25.8 Å². The molecule has 11 heterocycles. The lowest BCUT2D eigenvalue weighted by molar-refractivity contribution is 0.0695. The molecule has 0 aliphatic carbocycles. The summed E-state index contributed by atoms with van der Waals surface area (Å²) in [5.74, 6) is -0.197. The fourth-order valence-electron chi connectivity index (χ4n) is 8.86. The van der Waals surface area contributed by atoms with Crippen LogP contribution in [0.3, 0.4) is 0 Å². The van der Waals surface area contributed by atoms with E-state index in [1.165, 1.54) is 76.6 Å². The third-order valence-electron chi connectivity index (χ3n) is 13.1. The Morgan fingerprint density at radius 2 is 1.01 bits per heavy atom. The van der Waals surface area contributed by atoms with E-state index in [9.17, 15) is 9.59 Å². The van der Waals surface area contributed by atoms with Gasteiger partial charge in [-0.25, -0.2) is 24.7 Å². The Balaban J connectivity index is 0.000000149. The summed E-state index contributed by atoms with van der Waals surface area (Å²) in [5.41, 5.74) is 14.1. The van der Waals surface area contributed by atoms with Crippen molar-refractivity contribution in [1.29, 1.82) is 0 Å². The minimum absolute atomic E-state index is 0.146. The number of piperidine rings is 3. The third-order valence-corrected chi connectivity index (χ3v) is 13.6. The van der Waals surface area contributed by atoms with E-state index in [0.29, 0.717) is 53.0 Å². The molecule has 3 aliphatic heterocycles. The van der Waals surface area contributed by atoms with Crippen LogP contribution in [0.15, 0.2) is 127 Å². The molecule has 4 N–H and O–H groups in total. The fourth-order valence-corrected chi connectivity index (χ4v) is 9.09. The Labute approximate surface area is 464 Å². The number of carboxylic acids is 1. The van der Waals surface area contributed by atoms with E-state index in [1.54, 1.807) is 68.1 Å². The van der Waals surface area contributed by atoms with E-state index in [1.807, 2.05) is 55.7 Å². The highest BCUT2D eigenvalue weighted by Gasteiger charge is 2.16. The molecular weight excluding hydrogens is 1050 g/mol. The third kappa shape index (κ3) is 17.0. The van der Waals surface area contributed by atoms with E-state index in [0.717, 1.165) is 64.2 Å². The molecule has 400 valence electrons. The summed E-state index contributed by atoms with van der Waals surface area (Å²) in [4.78, 5) is 70.4. The summed E-state index contributed by atoms with van der Waals surface area (Å²) in [5, 5.41) is 13.4. The highest BCUT2D eigenvalue weighted by Crippen LogP contribution is 2.23. The van der Waals surface area contributed by atoms with Crippen LogP contribution in [0.25, 0.3) is 31.8 Å². The lowest BCUT2D eigenvalue weighted by Crippen LogP contribution is -2.29. The van der Waals surface area contributed by atoms with Gasteiger partial charge in [0.2, 0.25) is 0 Å². The molecule has 0 unspecified atom stereocenters. The smallest absolute Gasteiger partial charge is 0.337 e. The average molecular weight is 1110 g/mol. The van der Waals surface area contributed by atoms with Gasteiger partial charge in [-0.1, -0.05) is 19.2 Å². The molecule has 19 heteroatoms. The molecule has 18 nitrogen and oxygen atoms in total. The standard InChI is InChI=1S/C21H23N5O.C11H13N3.C11H17N3.C10H8N2O2.C6H3BrN2/c1-15-19(12-16-6-5-9-22-20(16)25-15)21(27)24-13-17-7-8-18(14-23-17)26-10-3-2-4-11-26;1-12-11-6-5-10(9-13-11)14-7-3-2-4-8-14;12-8-10-4-5-11(9-13-10)14-6-2-1-3-7-14;1-6-8(10(13)14)5-7-3-2-4-11-9(7)12-6;1-8-6-3-2-5(7)4-9-6/h5-9,12,14H,2-4,10-11,13H2,1H3,(H,24,27);5-6,9H,2-4,7-8H2;4-5,9H,1-3,6-8,12H2;2-5H,1H3,(H,13,14);2-4H. The summed E-state index contributed by atoms with van der Waals surface area (Å²) >= 11 is 3.21. The van der Waals surface area contributed by atoms with Crippen LogP contribution in [0.2, 0.25) is 0 Å². The molecule has 0 radical (unpaired) electrons. The van der Waals surface area contributed by atoms with E-state index in [4.69, 9.17) is 24.0 Å². The average Bonchev–Trinajstić information content (AvgIpc) is 3.51. The Bertz CT molecular complexity index is 3280. The maximum absolute atomic E-state index is 12.6. The van der Waals surface area contributed by atoms with Crippen molar-refractivity contribution in [3.8, 4) is 0 Å². The van der Waals surface area contributed by atoms with Crippen molar-refractivity contribution >= 4 is 78.6 Å². The molecule has 0 bridgehead atoms. The Hall–Kier alpha value is -8.52. The van der Waals surface area contributed by atoms with Crippen LogP contribution in [-0.4, -0.2) is 96.1 Å². The highest BCUT2D eigenvalue weighted by molar-refractivity contribution is 9.10. The van der Waals surface area contributed by atoms with Crippen molar-refractivity contribution in [2.24, 2.45) is 5.73 Å². The predicted molar refractivity (Wildman–Crippen MR) is 310 cm³/mol. The first-order chi connectivity index (χ1) is 38.0. The van der Waals surface area contributed by atoms with E-state index in [2.05, 4.69) is 97.6 Å². The zero-order valence-corrected chi connectivity index (χ0v) is 45.7. The van der Waals surface area contributed by atoms with Crippen molar-refractivity contribution in [2.75, 3.05) is 54.0 Å². The van der Waals surface area contributed by atoms with E-state index >= 15 is 0 Å². The number of hydrogen-bond acceptors (Lipinski definition) is 14. The summed E-state index contributed by atoms with van der Waals surface area (Å²) < 4.78 is 0.898. The number of nitrogens with one attached hydrogen (secondary N) is 1. The van der Waals surface area contributed by atoms with Gasteiger partial charge in [0, 0.05) is 69.0 Å². The number of aryl methyl sites for hydroxylation is 2. The van der Waals surface area contributed by atoms with Gasteiger partial charge in [0.25, 0.3) is 17.5 Å². The number of pyridine rings is 8. The number of amides is 1. The monoisotopic (exact) mass is 1110 g/mol. The number of aromatic carboxylic acids is 1. The number of nitrogens with two attached hydrogens (primary N) is 1. The second kappa shape index (κ2) is 29.7. The topological polar surface area (TPSA) is 214 Å². The van der Waals surface area contributed by atoms with Crippen molar-refractivity contribution < 1.29 is 14.7 Å². The molecule has 3 aliphatic rings. The predicted octanol–water partition coefficient (Wildman–Crippen LogP) is 11.4. The van der Waals surface area contributed by atoms with Gasteiger partial charge < -0.3 is 40.5 Å². The van der Waals surface area contributed by atoms with Crippen LogP contribution in [-0.2, 0) is 13.1 Å². The van der Waals surface area contributed by atoms with Crippen molar-refractivity contribution in [3.05, 3.63) is 183 Å². The van der Waals surface area contributed by atoms with Gasteiger partial charge in [-0.2, -0.15) is 0 Å². The second-order valence-corrected chi connectivity index (χ2v) is 19.5. The van der Waals surface area contributed by atoms with Crippen molar-refractivity contribution in [2.45, 2.75) is 84.7 Å². The molecule has 1 amide bonds. The quantitative estimate of drug-likeness (QED) is 0.121. The largest absolute Gasteiger partial charge is 0.478 e. The number of aromatic nitrogens is 8. The molecule has 3 saturated heterocycles. The first-order valence-electron chi connectivity index (χ1n) is 26.2. The van der Waals surface area contributed by atoms with Crippen molar-refractivity contribution in [1.82, 2.24) is 45.2 Å².